The van der Waals surface area contributed by atoms with Gasteiger partial charge in [-0.25, -0.2) is 13.1 Å². The van der Waals surface area contributed by atoms with Crippen LogP contribution in [0.3, 0.4) is 0 Å². The number of nitrogens with zero attached hydrogens (tertiary/aromatic N) is 2. The summed E-state index contributed by atoms with van der Waals surface area (Å²) in [6.07, 6.45) is 8.04. The smallest absolute Gasteiger partial charge is 0.240 e. The van der Waals surface area contributed by atoms with Gasteiger partial charge in [-0.2, -0.15) is 0 Å². The maximum atomic E-state index is 12.9. The molecular weight excluding hydrogens is 406 g/mol. The van der Waals surface area contributed by atoms with Gasteiger partial charge < -0.3 is 4.90 Å². The number of fused-ring (bicyclic) bond motifs is 1. The van der Waals surface area contributed by atoms with Crippen LogP contribution in [-0.2, 0) is 10.0 Å². The molecule has 0 aromatic heterocycles. The molecule has 5 nitrogen and oxygen atoms in total. The van der Waals surface area contributed by atoms with Crippen molar-refractivity contribution < 1.29 is 8.42 Å². The molecule has 0 radical (unpaired) electrons. The molecule has 1 saturated heterocycles. The van der Waals surface area contributed by atoms with Crippen LogP contribution in [0.5, 0.6) is 0 Å². The zero-order chi connectivity index (χ0) is 22.1. The summed E-state index contributed by atoms with van der Waals surface area (Å²) >= 11 is 0. The van der Waals surface area contributed by atoms with Gasteiger partial charge in [-0.1, -0.05) is 69.4 Å². The monoisotopic (exact) mass is 445 g/mol. The van der Waals surface area contributed by atoms with Gasteiger partial charge in [-0.15, -0.1) is 0 Å². The highest BCUT2D eigenvalue weighted by Crippen LogP contribution is 2.19. The van der Waals surface area contributed by atoms with Crippen LogP contribution >= 0.6 is 0 Å². The molecule has 2 aromatic carbocycles. The largest absolute Gasteiger partial charge is 0.301 e. The fraction of sp³-hybridized carbons (Fsp3) is 0.600. The molecule has 3 rings (SSSR count). The number of unbranched alkanes of at least 4 members (excludes halogenated alkanes) is 5. The maximum absolute atomic E-state index is 12.9. The number of nitrogens with one attached hydrogen (secondary N) is 1. The second kappa shape index (κ2) is 12.0. The second-order valence-electron chi connectivity index (χ2n) is 8.94. The third-order valence-corrected chi connectivity index (χ3v) is 7.80. The van der Waals surface area contributed by atoms with Gasteiger partial charge in [-0.05, 0) is 42.8 Å². The summed E-state index contributed by atoms with van der Waals surface area (Å²) in [4.78, 5) is 5.27. The van der Waals surface area contributed by atoms with Gasteiger partial charge in [0.1, 0.15) is 0 Å². The van der Waals surface area contributed by atoms with Crippen molar-refractivity contribution in [3.05, 3.63) is 42.5 Å². The van der Waals surface area contributed by atoms with Crippen molar-refractivity contribution in [1.82, 2.24) is 14.5 Å². The Balaban J connectivity index is 1.41. The number of hydrogen-bond acceptors (Lipinski definition) is 4. The molecule has 1 fully saturated rings. The summed E-state index contributed by atoms with van der Waals surface area (Å²) < 4.78 is 28.6. The van der Waals surface area contributed by atoms with Crippen LogP contribution in [0.1, 0.15) is 52.4 Å². The third-order valence-electron chi connectivity index (χ3n) is 6.21. The quantitative estimate of drug-likeness (QED) is 0.489. The van der Waals surface area contributed by atoms with Gasteiger partial charge in [0.15, 0.2) is 0 Å². The van der Waals surface area contributed by atoms with Gasteiger partial charge >= 0.3 is 0 Å². The van der Waals surface area contributed by atoms with Crippen LogP contribution in [-0.4, -0.2) is 63.5 Å². The van der Waals surface area contributed by atoms with E-state index in [4.69, 9.17) is 0 Å². The first-order valence-corrected chi connectivity index (χ1v) is 13.4. The molecule has 0 bridgehead atoms. The van der Waals surface area contributed by atoms with Gasteiger partial charge in [0, 0.05) is 38.8 Å². The maximum Gasteiger partial charge on any atom is 0.240 e. The van der Waals surface area contributed by atoms with Gasteiger partial charge in [0.25, 0.3) is 0 Å². The van der Waals surface area contributed by atoms with E-state index < -0.39 is 10.0 Å². The van der Waals surface area contributed by atoms with E-state index in [1.165, 1.54) is 45.1 Å². The van der Waals surface area contributed by atoms with Crippen molar-refractivity contribution in [3.8, 4) is 0 Å². The number of hydrogen-bond donors (Lipinski definition) is 1. The van der Waals surface area contributed by atoms with E-state index in [-0.39, 0.29) is 6.04 Å². The second-order valence-corrected chi connectivity index (χ2v) is 10.7. The Morgan fingerprint density at radius 2 is 1.52 bits per heavy atom. The highest BCUT2D eigenvalue weighted by molar-refractivity contribution is 7.89. The molecule has 172 valence electrons. The normalized spacial score (nSPS) is 17.2. The van der Waals surface area contributed by atoms with E-state index in [2.05, 4.69) is 21.4 Å². The van der Waals surface area contributed by atoms with Crippen molar-refractivity contribution in [3.63, 3.8) is 0 Å². The molecule has 1 aliphatic rings. The number of benzene rings is 2. The molecule has 2 aromatic rings. The van der Waals surface area contributed by atoms with Crippen molar-refractivity contribution in [1.29, 1.82) is 0 Å². The fourth-order valence-electron chi connectivity index (χ4n) is 4.40. The average Bonchev–Trinajstić information content (AvgIpc) is 2.76. The SMILES string of the molecule is CCCCCCCCN1CCN(C[C@@H](C)NS(=O)(=O)c2ccc3ccccc3c2)CC1. The Kier molecular flexibility index (Phi) is 9.32. The van der Waals surface area contributed by atoms with E-state index in [0.29, 0.717) is 4.90 Å². The van der Waals surface area contributed by atoms with Crippen molar-refractivity contribution in [2.75, 3.05) is 39.3 Å². The van der Waals surface area contributed by atoms with Crippen LogP contribution in [0.15, 0.2) is 47.4 Å². The van der Waals surface area contributed by atoms with Crippen molar-refractivity contribution in [2.24, 2.45) is 0 Å². The van der Waals surface area contributed by atoms with E-state index in [1.807, 2.05) is 37.3 Å². The predicted molar refractivity (Wildman–Crippen MR) is 130 cm³/mol. The molecule has 1 atom stereocenters. The first-order valence-electron chi connectivity index (χ1n) is 11.9. The molecule has 1 heterocycles. The Labute approximate surface area is 188 Å². The molecule has 0 saturated carbocycles. The number of sulfonamides is 1. The molecule has 31 heavy (non-hydrogen) atoms. The van der Waals surface area contributed by atoms with E-state index >= 15 is 0 Å². The minimum atomic E-state index is -3.52. The zero-order valence-electron chi connectivity index (χ0n) is 19.2. The van der Waals surface area contributed by atoms with E-state index in [9.17, 15) is 8.42 Å². The summed E-state index contributed by atoms with van der Waals surface area (Å²) in [5.74, 6) is 0. The molecule has 6 heteroatoms. The molecule has 0 amide bonds. The summed E-state index contributed by atoms with van der Waals surface area (Å²) in [6, 6.07) is 13.0. The Morgan fingerprint density at radius 1 is 0.871 bits per heavy atom. The Bertz CT molecular complexity index is 908. The molecular formula is C25H39N3O2S. The first-order chi connectivity index (χ1) is 15.0. The minimum Gasteiger partial charge on any atom is -0.301 e. The van der Waals surface area contributed by atoms with Gasteiger partial charge in [0.05, 0.1) is 4.90 Å². The van der Waals surface area contributed by atoms with Crippen LogP contribution in [0.4, 0.5) is 0 Å². The third kappa shape index (κ3) is 7.56. The lowest BCUT2D eigenvalue weighted by atomic mass is 10.1. The van der Waals surface area contributed by atoms with Crippen LogP contribution in [0.2, 0.25) is 0 Å². The minimum absolute atomic E-state index is 0.124. The molecule has 1 aliphatic heterocycles. The van der Waals surface area contributed by atoms with Crippen molar-refractivity contribution >= 4 is 20.8 Å². The standard InChI is InChI=1S/C25H39N3O2S/c1-3-4-5-6-7-10-15-27-16-18-28(19-17-27)21-22(2)26-31(29,30)25-14-13-23-11-8-9-12-24(23)20-25/h8-9,11-14,20,22,26H,3-7,10,15-19,21H2,1-2H3/t22-/m1/s1. The van der Waals surface area contributed by atoms with E-state index in [0.717, 1.165) is 43.5 Å². The topological polar surface area (TPSA) is 52.6 Å². The Morgan fingerprint density at radius 3 is 2.26 bits per heavy atom. The number of piperazine rings is 1. The number of rotatable bonds is 12. The van der Waals surface area contributed by atoms with Crippen molar-refractivity contribution in [2.45, 2.75) is 63.3 Å². The van der Waals surface area contributed by atoms with Crippen LogP contribution in [0, 0.1) is 0 Å². The first kappa shape index (κ1) is 24.2. The summed E-state index contributed by atoms with van der Waals surface area (Å²) in [5, 5.41) is 1.99. The Hall–Kier alpha value is -1.47. The fourth-order valence-corrected chi connectivity index (χ4v) is 5.67. The predicted octanol–water partition coefficient (Wildman–Crippen LogP) is 4.48. The van der Waals surface area contributed by atoms with Gasteiger partial charge in [0.2, 0.25) is 10.0 Å². The lowest BCUT2D eigenvalue weighted by Gasteiger charge is -2.36. The molecule has 0 unspecified atom stereocenters. The molecule has 0 spiro atoms. The summed E-state index contributed by atoms with van der Waals surface area (Å²) in [7, 11) is -3.52. The lowest BCUT2D eigenvalue weighted by Crippen LogP contribution is -2.50. The highest BCUT2D eigenvalue weighted by Gasteiger charge is 2.22. The molecule has 0 aliphatic carbocycles. The lowest BCUT2D eigenvalue weighted by molar-refractivity contribution is 0.125. The summed E-state index contributed by atoms with van der Waals surface area (Å²) in [5.41, 5.74) is 0. The van der Waals surface area contributed by atoms with Gasteiger partial charge in [-0.3, -0.25) is 4.90 Å². The van der Waals surface area contributed by atoms with Crippen LogP contribution in [0.25, 0.3) is 10.8 Å². The average molecular weight is 446 g/mol. The zero-order valence-corrected chi connectivity index (χ0v) is 20.0. The molecule has 1 N–H and O–H groups in total. The summed E-state index contributed by atoms with van der Waals surface area (Å²) in [6.45, 7) is 10.4. The van der Waals surface area contributed by atoms with E-state index in [1.54, 1.807) is 12.1 Å². The van der Waals surface area contributed by atoms with Crippen LogP contribution < -0.4 is 4.72 Å². The highest BCUT2D eigenvalue weighted by atomic mass is 32.2.